The Morgan fingerprint density at radius 3 is 2.59 bits per heavy atom. The van der Waals surface area contributed by atoms with Crippen LogP contribution in [-0.2, 0) is 17.6 Å². The van der Waals surface area contributed by atoms with E-state index in [-0.39, 0.29) is 5.91 Å². The molecule has 0 bridgehead atoms. The lowest BCUT2D eigenvalue weighted by atomic mass is 10.0. The fourth-order valence-corrected chi connectivity index (χ4v) is 5.30. The van der Waals surface area contributed by atoms with E-state index in [4.69, 9.17) is 14.2 Å². The molecule has 2 aromatic carbocycles. The minimum absolute atomic E-state index is 0.102. The summed E-state index contributed by atoms with van der Waals surface area (Å²) in [5, 5.41) is 3.56. The first-order valence-electron chi connectivity index (χ1n) is 11.5. The van der Waals surface area contributed by atoms with E-state index in [0.29, 0.717) is 24.5 Å². The largest absolute Gasteiger partial charge is 0.497 e. The van der Waals surface area contributed by atoms with Crippen LogP contribution in [0.15, 0.2) is 41.9 Å². The Balaban J connectivity index is 1.29. The average Bonchev–Trinajstić information content (AvgIpc) is 3.19. The third kappa shape index (κ3) is 5.37. The number of rotatable bonds is 10. The molecule has 1 aliphatic heterocycles. The summed E-state index contributed by atoms with van der Waals surface area (Å²) >= 11 is 1.77. The molecule has 34 heavy (non-hydrogen) atoms. The molecule has 1 aromatic heterocycles. The van der Waals surface area contributed by atoms with Crippen molar-refractivity contribution in [3.63, 3.8) is 0 Å². The van der Waals surface area contributed by atoms with Crippen molar-refractivity contribution in [3.05, 3.63) is 58.6 Å². The number of hydrogen-bond donors (Lipinski definition) is 0. The van der Waals surface area contributed by atoms with Gasteiger partial charge in [-0.05, 0) is 90.3 Å². The van der Waals surface area contributed by atoms with Crippen LogP contribution >= 0.6 is 11.3 Å². The quantitative estimate of drug-likeness (QED) is 0.415. The van der Waals surface area contributed by atoms with E-state index in [9.17, 15) is 4.79 Å². The first-order chi connectivity index (χ1) is 16.5. The van der Waals surface area contributed by atoms with Crippen LogP contribution in [0.4, 0.5) is 0 Å². The van der Waals surface area contributed by atoms with Gasteiger partial charge in [0, 0.05) is 24.0 Å². The highest BCUT2D eigenvalue weighted by molar-refractivity contribution is 7.17. The van der Waals surface area contributed by atoms with Crippen molar-refractivity contribution in [2.45, 2.75) is 19.3 Å². The molecule has 0 saturated heterocycles. The van der Waals surface area contributed by atoms with E-state index < -0.39 is 0 Å². The second-order valence-electron chi connectivity index (χ2n) is 8.52. The molecule has 0 radical (unpaired) electrons. The fourth-order valence-electron chi connectivity index (χ4n) is 4.28. The first kappa shape index (κ1) is 24.1. The van der Waals surface area contributed by atoms with E-state index in [2.05, 4.69) is 29.5 Å². The third-order valence-corrected chi connectivity index (χ3v) is 7.30. The molecule has 0 fully saturated rings. The van der Waals surface area contributed by atoms with Crippen LogP contribution in [0.25, 0.3) is 16.2 Å². The summed E-state index contributed by atoms with van der Waals surface area (Å²) in [5.74, 6) is 2.32. The van der Waals surface area contributed by atoms with Gasteiger partial charge in [-0.3, -0.25) is 4.79 Å². The number of amides is 1. The number of hydrogen-bond acceptors (Lipinski definition) is 6. The second kappa shape index (κ2) is 10.9. The average molecular weight is 481 g/mol. The Hall–Kier alpha value is -3.03. The maximum absolute atomic E-state index is 12.8. The normalized spacial score (nSPS) is 13.3. The van der Waals surface area contributed by atoms with Gasteiger partial charge in [0.05, 0.1) is 27.8 Å². The molecule has 2 heterocycles. The summed E-state index contributed by atoms with van der Waals surface area (Å²) in [5.41, 5.74) is 3.33. The maximum Gasteiger partial charge on any atom is 0.230 e. The predicted octanol–water partition coefficient (Wildman–Crippen LogP) is 4.85. The molecule has 3 aromatic rings. The number of benzene rings is 2. The maximum atomic E-state index is 12.8. The topological polar surface area (TPSA) is 51.2 Å². The number of likely N-dealkylation sites (N-methyl/N-ethyl adjacent to an activating group) is 1. The van der Waals surface area contributed by atoms with Gasteiger partial charge in [0.25, 0.3) is 0 Å². The van der Waals surface area contributed by atoms with E-state index in [0.717, 1.165) is 42.8 Å². The van der Waals surface area contributed by atoms with Crippen molar-refractivity contribution in [2.75, 3.05) is 48.0 Å². The highest BCUT2D eigenvalue weighted by Crippen LogP contribution is 2.33. The molecule has 6 nitrogen and oxygen atoms in total. The minimum atomic E-state index is 0.102. The first-order valence-corrected chi connectivity index (χ1v) is 12.4. The van der Waals surface area contributed by atoms with Crippen molar-refractivity contribution in [1.29, 1.82) is 0 Å². The van der Waals surface area contributed by atoms with Gasteiger partial charge < -0.3 is 24.0 Å². The molecule has 4 rings (SSSR count). The number of thiophene rings is 1. The number of carbonyl (C=O) groups is 1. The van der Waals surface area contributed by atoms with Crippen molar-refractivity contribution in [2.24, 2.45) is 0 Å². The van der Waals surface area contributed by atoms with Crippen LogP contribution in [0.3, 0.4) is 0 Å². The van der Waals surface area contributed by atoms with Crippen LogP contribution in [0.2, 0.25) is 0 Å². The van der Waals surface area contributed by atoms with Gasteiger partial charge in [0.1, 0.15) is 5.75 Å². The van der Waals surface area contributed by atoms with Gasteiger partial charge in [-0.25, -0.2) is 0 Å². The molecule has 1 aliphatic rings. The number of fused-ring (bicyclic) bond motifs is 2. The SMILES string of the molecule is COc1ccc2c(CCN(C)CCCN3C=Cc4cc(OC)c(OC)cc4CC3=O)csc2c1. The number of ether oxygens (including phenoxy) is 3. The zero-order chi connectivity index (χ0) is 24.1. The third-order valence-electron chi connectivity index (χ3n) is 6.31. The van der Waals surface area contributed by atoms with Gasteiger partial charge in [0.2, 0.25) is 5.91 Å². The molecule has 7 heteroatoms. The molecule has 0 atom stereocenters. The van der Waals surface area contributed by atoms with Gasteiger partial charge >= 0.3 is 0 Å². The molecule has 0 N–H and O–H groups in total. The summed E-state index contributed by atoms with van der Waals surface area (Å²) < 4.78 is 17.4. The van der Waals surface area contributed by atoms with Gasteiger partial charge in [-0.1, -0.05) is 0 Å². The van der Waals surface area contributed by atoms with Crippen molar-refractivity contribution < 1.29 is 19.0 Å². The molecular formula is C27H32N2O4S. The van der Waals surface area contributed by atoms with E-state index in [1.54, 1.807) is 32.7 Å². The number of nitrogens with zero attached hydrogens (tertiary/aromatic N) is 2. The summed E-state index contributed by atoms with van der Waals surface area (Å²) in [6.45, 7) is 2.61. The fraction of sp³-hybridized carbons (Fsp3) is 0.370. The smallest absolute Gasteiger partial charge is 0.230 e. The summed E-state index contributed by atoms with van der Waals surface area (Å²) in [4.78, 5) is 17.0. The predicted molar refractivity (Wildman–Crippen MR) is 138 cm³/mol. The molecule has 1 amide bonds. The molecule has 0 unspecified atom stereocenters. The summed E-state index contributed by atoms with van der Waals surface area (Å²) in [6, 6.07) is 10.1. The molecule has 0 spiro atoms. The Morgan fingerprint density at radius 2 is 1.82 bits per heavy atom. The number of methoxy groups -OCH3 is 3. The van der Waals surface area contributed by atoms with E-state index >= 15 is 0 Å². The molecule has 180 valence electrons. The zero-order valence-corrected chi connectivity index (χ0v) is 21.1. The van der Waals surface area contributed by atoms with Crippen LogP contribution in [0.1, 0.15) is 23.1 Å². The molecule has 0 aliphatic carbocycles. The Kier molecular flexibility index (Phi) is 7.75. The zero-order valence-electron chi connectivity index (χ0n) is 20.3. The Morgan fingerprint density at radius 1 is 1.03 bits per heavy atom. The standard InChI is InChI=1S/C27H32N2O4S/c1-28(12-8-20-18-34-26-17-22(31-2)6-7-23(20)26)10-5-11-29-13-9-19-14-24(32-3)25(33-4)15-21(19)16-27(29)30/h6-7,9,13-15,17-18H,5,8,10-12,16H2,1-4H3. The van der Waals surface area contributed by atoms with Gasteiger partial charge in [-0.2, -0.15) is 0 Å². The van der Waals surface area contributed by atoms with E-state index in [1.807, 2.05) is 35.4 Å². The lowest BCUT2D eigenvalue weighted by Crippen LogP contribution is -2.30. The lowest BCUT2D eigenvalue weighted by Gasteiger charge is -2.20. The number of carbonyl (C=O) groups excluding carboxylic acids is 1. The second-order valence-corrected chi connectivity index (χ2v) is 9.43. The van der Waals surface area contributed by atoms with Crippen LogP contribution < -0.4 is 14.2 Å². The van der Waals surface area contributed by atoms with Crippen molar-refractivity contribution in [1.82, 2.24) is 9.80 Å². The van der Waals surface area contributed by atoms with Crippen LogP contribution in [-0.4, -0.2) is 63.7 Å². The van der Waals surface area contributed by atoms with Crippen molar-refractivity contribution >= 4 is 33.4 Å². The van der Waals surface area contributed by atoms with Crippen molar-refractivity contribution in [3.8, 4) is 17.2 Å². The highest BCUT2D eigenvalue weighted by Gasteiger charge is 2.19. The van der Waals surface area contributed by atoms with Gasteiger partial charge in [-0.15, -0.1) is 11.3 Å². The van der Waals surface area contributed by atoms with E-state index in [1.165, 1.54) is 15.6 Å². The van der Waals surface area contributed by atoms with Crippen LogP contribution in [0, 0.1) is 0 Å². The Labute approximate surface area is 205 Å². The summed E-state index contributed by atoms with van der Waals surface area (Å²) in [7, 11) is 7.08. The monoisotopic (exact) mass is 480 g/mol. The Bertz CT molecular complexity index is 1190. The molecular weight excluding hydrogens is 448 g/mol. The van der Waals surface area contributed by atoms with Gasteiger partial charge in [0.15, 0.2) is 11.5 Å². The molecule has 0 saturated carbocycles. The summed E-state index contributed by atoms with van der Waals surface area (Å²) in [6.07, 6.45) is 6.16. The highest BCUT2D eigenvalue weighted by atomic mass is 32.1. The lowest BCUT2D eigenvalue weighted by molar-refractivity contribution is -0.127. The van der Waals surface area contributed by atoms with Crippen LogP contribution in [0.5, 0.6) is 17.2 Å². The minimum Gasteiger partial charge on any atom is -0.497 e.